The van der Waals surface area contributed by atoms with Gasteiger partial charge < -0.3 is 0 Å². The summed E-state index contributed by atoms with van der Waals surface area (Å²) in [5.74, 6) is 0. The van der Waals surface area contributed by atoms with Crippen molar-refractivity contribution in [2.24, 2.45) is 0 Å². The fourth-order valence-electron chi connectivity index (χ4n) is 5.38. The van der Waals surface area contributed by atoms with Crippen molar-refractivity contribution >= 4 is 49.9 Å². The number of hydrogen-bond donors (Lipinski definition) is 0. The molecule has 0 fully saturated rings. The predicted octanol–water partition coefficient (Wildman–Crippen LogP) is 7.44. The summed E-state index contributed by atoms with van der Waals surface area (Å²) in [4.78, 5) is 0. The largest absolute Gasteiger partial charge is 0.0721 e. The summed E-state index contributed by atoms with van der Waals surface area (Å²) < 4.78 is 3.09. The van der Waals surface area contributed by atoms with Gasteiger partial charge in [0.15, 0.2) is 0 Å². The Morgan fingerprint density at radius 2 is 0.652 bits per heavy atom. The van der Waals surface area contributed by atoms with Crippen LogP contribution in [-0.4, -0.2) is 49.9 Å². The van der Waals surface area contributed by atoms with Gasteiger partial charge in [0.05, 0.1) is 0 Å². The number of rotatable bonds is 6. The van der Waals surface area contributed by atoms with Crippen molar-refractivity contribution in [1.29, 1.82) is 0 Å². The van der Waals surface area contributed by atoms with E-state index in [1.807, 2.05) is 0 Å². The smallest absolute Gasteiger partial charge is 0.0306 e. The van der Waals surface area contributed by atoms with E-state index in [4.69, 9.17) is 0 Å². The van der Waals surface area contributed by atoms with Crippen molar-refractivity contribution in [3.05, 3.63) is 0 Å². The van der Waals surface area contributed by atoms with Crippen molar-refractivity contribution in [3.8, 4) is 0 Å². The van der Waals surface area contributed by atoms with Gasteiger partial charge in [-0.15, -0.1) is 0 Å². The van der Waals surface area contributed by atoms with E-state index in [0.717, 1.165) is 11.8 Å². The third kappa shape index (κ3) is 11.1. The zero-order chi connectivity index (χ0) is 19.4. The molecule has 0 saturated heterocycles. The molecule has 0 aromatic rings. The van der Waals surface area contributed by atoms with Gasteiger partial charge in [0.25, 0.3) is 0 Å². The summed E-state index contributed by atoms with van der Waals surface area (Å²) in [6.45, 7) is 37.9. The molecule has 0 rings (SSSR count). The van der Waals surface area contributed by atoms with Crippen molar-refractivity contribution in [2.45, 2.75) is 112 Å². The zero-order valence-corrected chi connectivity index (χ0v) is 26.1. The van der Waals surface area contributed by atoms with Crippen molar-refractivity contribution in [2.75, 3.05) is 0 Å². The van der Waals surface area contributed by atoms with E-state index in [9.17, 15) is 0 Å². The third-order valence-electron chi connectivity index (χ3n) is 4.25. The van der Waals surface area contributed by atoms with Crippen LogP contribution < -0.4 is 0 Å². The van der Waals surface area contributed by atoms with Crippen LogP contribution in [0.2, 0.25) is 70.7 Å². The first-order valence-corrected chi connectivity index (χ1v) is 29.5. The molecule has 0 aliphatic carbocycles. The van der Waals surface area contributed by atoms with Gasteiger partial charge in [-0.25, -0.2) is 0 Å². The molecule has 5 heteroatoms. The van der Waals surface area contributed by atoms with Crippen LogP contribution in [0, 0.1) is 0 Å². The maximum Gasteiger partial charge on any atom is 0.0306 e. The van der Waals surface area contributed by atoms with Gasteiger partial charge in [-0.3, -0.25) is 0 Å². The molecule has 0 aliphatic heterocycles. The molecular weight excluding hydrogens is 447 g/mol. The van der Waals surface area contributed by atoms with E-state index in [1.165, 1.54) is 0 Å². The molecule has 0 aromatic carbocycles. The van der Waals surface area contributed by atoms with Crippen molar-refractivity contribution in [3.63, 3.8) is 0 Å². The summed E-state index contributed by atoms with van der Waals surface area (Å²) in [5, 5.41) is 0. The third-order valence-corrected chi connectivity index (χ3v) is 74.2. The topological polar surface area (TPSA) is 0 Å². The average Bonchev–Trinajstić information content (AvgIpc) is 2.05. The molecule has 0 spiro atoms. The van der Waals surface area contributed by atoms with E-state index in [2.05, 4.69) is 100 Å². The Bertz CT molecular complexity index is 267. The molecule has 0 amide bonds. The van der Waals surface area contributed by atoms with Gasteiger partial charge >= 0.3 is 73.1 Å². The van der Waals surface area contributed by atoms with Crippen molar-refractivity contribution < 1.29 is 0 Å². The van der Waals surface area contributed by atoms with E-state index in [-0.39, 0.29) is 7.35 Å². The van der Waals surface area contributed by atoms with Crippen LogP contribution in [0.3, 0.4) is 0 Å². The molecule has 0 N–H and O–H groups in total. The second-order valence-electron chi connectivity index (χ2n) is 11.1. The zero-order valence-electron chi connectivity index (χ0n) is 19.2. The minimum absolute atomic E-state index is 0.0255. The summed E-state index contributed by atoms with van der Waals surface area (Å²) in [6, 6.07) is 0. The molecule has 0 saturated carbocycles. The van der Waals surface area contributed by atoms with Gasteiger partial charge in [-0.1, -0.05) is 58.9 Å². The predicted molar refractivity (Wildman–Crippen MR) is 127 cm³/mol. The van der Waals surface area contributed by atoms with Gasteiger partial charge in [-0.05, 0) is 0 Å². The van der Waals surface area contributed by atoms with Crippen LogP contribution in [0.1, 0.15) is 41.5 Å². The fourth-order valence-corrected chi connectivity index (χ4v) is 105. The van der Waals surface area contributed by atoms with Crippen LogP contribution in [0.15, 0.2) is 0 Å². The Balaban J connectivity index is 0. The Morgan fingerprint density at radius 1 is 0.478 bits per heavy atom. The molecule has 0 aliphatic rings. The first kappa shape index (κ1) is 26.9. The minimum Gasteiger partial charge on any atom is -0.0721 e. The average molecular weight is 496 g/mol. The Labute approximate surface area is 161 Å². The monoisotopic (exact) mass is 496 g/mol. The van der Waals surface area contributed by atoms with Crippen LogP contribution in [-0.2, 0) is 0 Å². The summed E-state index contributed by atoms with van der Waals surface area (Å²) >= 11 is -1.01. The molecule has 0 aromatic heterocycles. The van der Waals surface area contributed by atoms with Gasteiger partial charge in [-0.2, -0.15) is 0 Å². The molecular formula is C18H48Si4Sn. The first-order chi connectivity index (χ1) is 9.83. The summed E-state index contributed by atoms with van der Waals surface area (Å²) in [7, 11) is -2.47. The Hall–Kier alpha value is 1.67. The SMILES string of the molecule is C[CH](C)[Sn]([CH](C)C)[CH](C)C.C[Si](C)(C)[Si]([Si](C)(C)C)[Si](C)(C)C. The standard InChI is InChI=1S/C9H27Si4.3C3H7.Sn/c1-11(2,3)10(12(4,5)6)13(7,8)9;3*1-3-2;/h1-9H3;3*3H,1-2H3;. The van der Waals surface area contributed by atoms with Gasteiger partial charge in [0.2, 0.25) is 0 Å². The summed E-state index contributed by atoms with van der Waals surface area (Å²) in [5.41, 5.74) is 0. The molecule has 0 atom stereocenters. The van der Waals surface area contributed by atoms with E-state index < -0.39 is 42.5 Å². The van der Waals surface area contributed by atoms with Gasteiger partial charge in [0, 0.05) is 30.1 Å². The van der Waals surface area contributed by atoms with Crippen LogP contribution in [0.5, 0.6) is 0 Å². The van der Waals surface area contributed by atoms with Crippen LogP contribution in [0.4, 0.5) is 0 Å². The fraction of sp³-hybridized carbons (Fsp3) is 1.00. The molecule has 2 radical (unpaired) electrons. The Kier molecular flexibility index (Phi) is 11.8. The minimum atomic E-state index is -1.01. The maximum atomic E-state index is 2.61. The first-order valence-electron chi connectivity index (χ1n) is 9.58. The van der Waals surface area contributed by atoms with E-state index >= 15 is 0 Å². The van der Waals surface area contributed by atoms with Crippen molar-refractivity contribution in [1.82, 2.24) is 0 Å². The normalized spacial score (nSPS) is 14.1. The molecule has 0 nitrogen and oxygen atoms in total. The molecule has 23 heavy (non-hydrogen) atoms. The molecule has 0 bridgehead atoms. The quantitative estimate of drug-likeness (QED) is 0.336. The molecule has 140 valence electrons. The molecule has 0 heterocycles. The second-order valence-corrected chi connectivity index (χ2v) is 60.6. The summed E-state index contributed by atoms with van der Waals surface area (Å²) in [6.07, 6.45) is 0. The van der Waals surface area contributed by atoms with Crippen LogP contribution in [0.25, 0.3) is 0 Å². The number of hydrogen-bond acceptors (Lipinski definition) is 0. The molecule has 0 unspecified atom stereocenters. The Morgan fingerprint density at radius 3 is 0.652 bits per heavy atom. The van der Waals surface area contributed by atoms with Crippen LogP contribution >= 0.6 is 0 Å². The van der Waals surface area contributed by atoms with E-state index in [0.29, 0.717) is 0 Å². The second kappa shape index (κ2) is 10.1. The maximum absolute atomic E-state index is 2.61. The van der Waals surface area contributed by atoms with E-state index in [1.54, 1.807) is 0 Å². The van der Waals surface area contributed by atoms with Gasteiger partial charge in [0.1, 0.15) is 0 Å².